The lowest BCUT2D eigenvalue weighted by Crippen LogP contribution is -2.50. The fourth-order valence-corrected chi connectivity index (χ4v) is 3.59. The van der Waals surface area contributed by atoms with Gasteiger partial charge in [-0.25, -0.2) is 0 Å². The Morgan fingerprint density at radius 3 is 2.43 bits per heavy atom. The molecule has 2 heterocycles. The van der Waals surface area contributed by atoms with Gasteiger partial charge in [-0.05, 0) is 18.1 Å². The van der Waals surface area contributed by atoms with Crippen molar-refractivity contribution in [3.8, 4) is 22.4 Å². The number of rotatable bonds is 4. The average molecular weight is 376 g/mol. The Bertz CT molecular complexity index is 964. The van der Waals surface area contributed by atoms with E-state index < -0.39 is 12.1 Å². The fourth-order valence-electron chi connectivity index (χ4n) is 3.59. The van der Waals surface area contributed by atoms with Crippen LogP contribution in [0.3, 0.4) is 0 Å². The van der Waals surface area contributed by atoms with E-state index in [1.165, 1.54) is 12.5 Å². The summed E-state index contributed by atoms with van der Waals surface area (Å²) in [5.74, 6) is -0.229. The number of aromatic amines is 1. The van der Waals surface area contributed by atoms with Crippen LogP contribution in [0, 0.1) is 0 Å². The van der Waals surface area contributed by atoms with Crippen LogP contribution in [0.2, 0.25) is 0 Å². The van der Waals surface area contributed by atoms with E-state index in [0.29, 0.717) is 19.5 Å². The molecule has 0 radical (unpaired) electrons. The van der Waals surface area contributed by atoms with E-state index in [4.69, 9.17) is 5.73 Å². The van der Waals surface area contributed by atoms with E-state index in [1.807, 2.05) is 18.2 Å². The Morgan fingerprint density at radius 1 is 1.11 bits per heavy atom. The van der Waals surface area contributed by atoms with Gasteiger partial charge < -0.3 is 15.7 Å². The van der Waals surface area contributed by atoms with Crippen molar-refractivity contribution in [1.29, 1.82) is 0 Å². The third-order valence-corrected chi connectivity index (χ3v) is 5.32. The molecule has 144 valence electrons. The van der Waals surface area contributed by atoms with Gasteiger partial charge in [-0.3, -0.25) is 9.89 Å². The second kappa shape index (κ2) is 7.58. The van der Waals surface area contributed by atoms with Crippen LogP contribution in [0.5, 0.6) is 0 Å². The molecular weight excluding hydrogens is 352 g/mol. The lowest BCUT2D eigenvalue weighted by atomic mass is 9.98. The predicted molar refractivity (Wildman–Crippen MR) is 108 cm³/mol. The van der Waals surface area contributed by atoms with Gasteiger partial charge in [0.2, 0.25) is 5.91 Å². The van der Waals surface area contributed by atoms with Gasteiger partial charge in [0, 0.05) is 36.3 Å². The second-order valence-corrected chi connectivity index (χ2v) is 7.25. The van der Waals surface area contributed by atoms with Crippen molar-refractivity contribution in [2.45, 2.75) is 32.0 Å². The Hall–Kier alpha value is -2.96. The maximum atomic E-state index is 12.5. The molecule has 0 aliphatic carbocycles. The lowest BCUT2D eigenvalue weighted by Gasteiger charge is -2.30. The molecule has 6 heteroatoms. The van der Waals surface area contributed by atoms with Crippen molar-refractivity contribution in [3.63, 3.8) is 0 Å². The Labute approximate surface area is 164 Å². The van der Waals surface area contributed by atoms with Crippen LogP contribution in [0.15, 0.2) is 54.6 Å². The van der Waals surface area contributed by atoms with Crippen molar-refractivity contribution >= 4 is 5.91 Å². The van der Waals surface area contributed by atoms with Crippen molar-refractivity contribution < 1.29 is 9.90 Å². The van der Waals surface area contributed by atoms with E-state index in [2.05, 4.69) is 46.6 Å². The summed E-state index contributed by atoms with van der Waals surface area (Å²) < 4.78 is 0. The Balaban J connectivity index is 1.59. The second-order valence-electron chi connectivity index (χ2n) is 7.25. The quantitative estimate of drug-likeness (QED) is 0.651. The molecule has 4 N–H and O–H groups in total. The maximum absolute atomic E-state index is 12.5. The van der Waals surface area contributed by atoms with Gasteiger partial charge in [0.05, 0.1) is 11.8 Å². The molecule has 0 spiro atoms. The van der Waals surface area contributed by atoms with Crippen molar-refractivity contribution in [3.05, 3.63) is 65.9 Å². The normalized spacial score (nSPS) is 15.8. The molecule has 28 heavy (non-hydrogen) atoms. The number of nitrogens with two attached hydrogens (primary N) is 1. The minimum atomic E-state index is -0.901. The maximum Gasteiger partial charge on any atom is 0.242 e. The number of H-pyrrole nitrogens is 1. The first-order valence-electron chi connectivity index (χ1n) is 9.49. The predicted octanol–water partition coefficient (Wildman–Crippen LogP) is 2.34. The zero-order valence-corrected chi connectivity index (χ0v) is 15.8. The largest absolute Gasteiger partial charge is 0.391 e. The SMILES string of the molecule is CC(O)C(N)C(=O)N1CCc2[nH]nc(-c3ccc(-c4ccccc4)cc3)c2C1. The van der Waals surface area contributed by atoms with Crippen molar-refractivity contribution in [2.24, 2.45) is 5.73 Å². The number of carbonyl (C=O) groups excluding carboxylic acids is 1. The Kier molecular flexibility index (Phi) is 4.98. The number of hydrogen-bond acceptors (Lipinski definition) is 4. The first-order valence-corrected chi connectivity index (χ1v) is 9.49. The van der Waals surface area contributed by atoms with E-state index in [0.717, 1.165) is 28.1 Å². The molecule has 0 saturated heterocycles. The molecule has 3 aromatic rings. The number of nitrogens with one attached hydrogen (secondary N) is 1. The number of hydrogen-bond donors (Lipinski definition) is 3. The molecule has 4 rings (SSSR count). The highest BCUT2D eigenvalue weighted by Crippen LogP contribution is 2.30. The van der Waals surface area contributed by atoms with Gasteiger partial charge >= 0.3 is 0 Å². The van der Waals surface area contributed by atoms with Gasteiger partial charge in [0.25, 0.3) is 0 Å². The van der Waals surface area contributed by atoms with Crippen LogP contribution in [0.25, 0.3) is 22.4 Å². The minimum absolute atomic E-state index is 0.229. The van der Waals surface area contributed by atoms with Crippen molar-refractivity contribution in [1.82, 2.24) is 15.1 Å². The molecule has 2 unspecified atom stereocenters. The number of nitrogens with zero attached hydrogens (tertiary/aromatic N) is 2. The van der Waals surface area contributed by atoms with E-state index >= 15 is 0 Å². The number of amides is 1. The number of aliphatic hydroxyl groups is 1. The van der Waals surface area contributed by atoms with E-state index in [9.17, 15) is 9.90 Å². The fraction of sp³-hybridized carbons (Fsp3) is 0.273. The monoisotopic (exact) mass is 376 g/mol. The topological polar surface area (TPSA) is 95.2 Å². The summed E-state index contributed by atoms with van der Waals surface area (Å²) in [5.41, 5.74) is 12.1. The summed E-state index contributed by atoms with van der Waals surface area (Å²) in [6.45, 7) is 2.55. The number of carbonyl (C=O) groups is 1. The van der Waals surface area contributed by atoms with Crippen molar-refractivity contribution in [2.75, 3.05) is 6.54 Å². The molecule has 1 aliphatic heterocycles. The zero-order chi connectivity index (χ0) is 19.7. The van der Waals surface area contributed by atoms with Crippen LogP contribution >= 0.6 is 0 Å². The highest BCUT2D eigenvalue weighted by atomic mass is 16.3. The van der Waals surface area contributed by atoms with E-state index in [-0.39, 0.29) is 5.91 Å². The molecule has 1 aromatic heterocycles. The Morgan fingerprint density at radius 2 is 1.75 bits per heavy atom. The van der Waals surface area contributed by atoms with E-state index in [1.54, 1.807) is 4.90 Å². The van der Waals surface area contributed by atoms with Gasteiger partial charge in [-0.1, -0.05) is 54.6 Å². The highest BCUT2D eigenvalue weighted by molar-refractivity contribution is 5.83. The zero-order valence-electron chi connectivity index (χ0n) is 15.8. The first-order chi connectivity index (χ1) is 13.5. The average Bonchev–Trinajstić information content (AvgIpc) is 3.16. The van der Waals surface area contributed by atoms with Crippen LogP contribution in [-0.2, 0) is 17.8 Å². The summed E-state index contributed by atoms with van der Waals surface area (Å²) in [5, 5.41) is 17.3. The molecular formula is C22H24N4O2. The summed E-state index contributed by atoms with van der Waals surface area (Å²) in [6, 6.07) is 17.6. The third-order valence-electron chi connectivity index (χ3n) is 5.32. The number of fused-ring (bicyclic) bond motifs is 1. The minimum Gasteiger partial charge on any atom is -0.391 e. The highest BCUT2D eigenvalue weighted by Gasteiger charge is 2.30. The molecule has 2 aromatic carbocycles. The molecule has 6 nitrogen and oxygen atoms in total. The van der Waals surface area contributed by atoms with Crippen LogP contribution in [0.4, 0.5) is 0 Å². The molecule has 0 bridgehead atoms. The van der Waals surface area contributed by atoms with Gasteiger partial charge in [0.15, 0.2) is 0 Å². The standard InChI is InChI=1S/C22H24N4O2/c1-14(27)20(23)22(28)26-12-11-19-18(13-26)21(25-24-19)17-9-7-16(8-10-17)15-5-3-2-4-6-15/h2-10,14,20,27H,11-13,23H2,1H3,(H,24,25). The smallest absolute Gasteiger partial charge is 0.242 e. The van der Waals surface area contributed by atoms with Gasteiger partial charge in [-0.15, -0.1) is 0 Å². The summed E-state index contributed by atoms with van der Waals surface area (Å²) in [4.78, 5) is 14.2. The van der Waals surface area contributed by atoms with Crippen LogP contribution in [-0.4, -0.2) is 44.8 Å². The van der Waals surface area contributed by atoms with Gasteiger partial charge in [-0.2, -0.15) is 5.10 Å². The molecule has 0 fully saturated rings. The molecule has 1 aliphatic rings. The number of aromatic nitrogens is 2. The van der Waals surface area contributed by atoms with Crippen LogP contribution < -0.4 is 5.73 Å². The summed E-state index contributed by atoms with van der Waals surface area (Å²) in [6.07, 6.45) is -0.175. The lowest BCUT2D eigenvalue weighted by molar-refractivity contribution is -0.135. The molecule has 1 amide bonds. The number of benzene rings is 2. The molecule has 0 saturated carbocycles. The summed E-state index contributed by atoms with van der Waals surface area (Å²) >= 11 is 0. The van der Waals surface area contributed by atoms with Gasteiger partial charge in [0.1, 0.15) is 6.04 Å². The summed E-state index contributed by atoms with van der Waals surface area (Å²) in [7, 11) is 0. The number of aliphatic hydroxyl groups excluding tert-OH is 1. The molecule has 2 atom stereocenters. The third kappa shape index (κ3) is 3.44. The van der Waals surface area contributed by atoms with Crippen LogP contribution in [0.1, 0.15) is 18.2 Å². The first kappa shape index (κ1) is 18.4.